The molecule has 0 spiro atoms. The highest BCUT2D eigenvalue weighted by atomic mass is 127. The first-order chi connectivity index (χ1) is 25.6. The van der Waals surface area contributed by atoms with Crippen LogP contribution in [-0.2, 0) is 0 Å². The van der Waals surface area contributed by atoms with Crippen molar-refractivity contribution in [1.29, 1.82) is 0 Å². The maximum atomic E-state index is 12.8. The van der Waals surface area contributed by atoms with Crippen molar-refractivity contribution in [1.82, 2.24) is 5.32 Å². The summed E-state index contributed by atoms with van der Waals surface area (Å²) in [4.78, 5) is 24.5. The maximum Gasteiger partial charge on any atom is 0.412 e. The third-order valence-electron chi connectivity index (χ3n) is 8.93. The second kappa shape index (κ2) is 18.1. The average Bonchev–Trinajstić information content (AvgIpc) is 3.66. The van der Waals surface area contributed by atoms with Gasteiger partial charge in [0.15, 0.2) is 0 Å². The van der Waals surface area contributed by atoms with Gasteiger partial charge in [-0.3, -0.25) is 0 Å². The second-order valence-corrected chi connectivity index (χ2v) is 15.9. The number of halogens is 1. The summed E-state index contributed by atoms with van der Waals surface area (Å²) >= 11 is 0. The topological polar surface area (TPSA) is 100 Å². The Balaban J connectivity index is 0.00000481. The van der Waals surface area contributed by atoms with Crippen molar-refractivity contribution in [2.24, 2.45) is 0 Å². The summed E-state index contributed by atoms with van der Waals surface area (Å²) in [7, 11) is -1.96. The minimum absolute atomic E-state index is 0. The lowest BCUT2D eigenvalue weighted by Gasteiger charge is -2.27. The largest absolute Gasteiger partial charge is 1.00 e. The van der Waals surface area contributed by atoms with Crippen molar-refractivity contribution in [2.75, 3.05) is 25.9 Å². The van der Waals surface area contributed by atoms with Gasteiger partial charge < -0.3 is 52.3 Å². The molecule has 7 aromatic rings. The Morgan fingerprint density at radius 3 is 1.81 bits per heavy atom. The van der Waals surface area contributed by atoms with Crippen LogP contribution < -0.4 is 65.0 Å². The molecule has 7 rings (SSSR count). The summed E-state index contributed by atoms with van der Waals surface area (Å²) in [6.07, 6.45) is 4.30. The molecule has 2 heterocycles. The number of ether oxygens (including phenoxy) is 3. The SMILES string of the molecule is O=C(NCCC[P+](c1ccccc1)(c1ccccc1)c1ccccc1)Oc1ccc(OCCCCOc2c3ccoc3cc3oc(=O)ccc23)cc1.[I-]. The van der Waals surface area contributed by atoms with E-state index in [1.165, 1.54) is 22.0 Å². The van der Waals surface area contributed by atoms with E-state index >= 15 is 0 Å². The molecular weight excluding hydrogens is 800 g/mol. The van der Waals surface area contributed by atoms with Crippen LogP contribution in [0.25, 0.3) is 21.9 Å². The summed E-state index contributed by atoms with van der Waals surface area (Å²) < 4.78 is 28.4. The van der Waals surface area contributed by atoms with Gasteiger partial charge in [0, 0.05) is 18.7 Å². The van der Waals surface area contributed by atoms with Crippen LogP contribution in [0.15, 0.2) is 159 Å². The van der Waals surface area contributed by atoms with Crippen LogP contribution in [0.2, 0.25) is 0 Å². The Bertz CT molecular complexity index is 2180. The van der Waals surface area contributed by atoms with Gasteiger partial charge in [-0.1, -0.05) is 54.6 Å². The van der Waals surface area contributed by atoms with E-state index < -0.39 is 19.0 Å². The molecule has 0 aliphatic carbocycles. The Morgan fingerprint density at radius 1 is 0.623 bits per heavy atom. The van der Waals surface area contributed by atoms with E-state index in [1.807, 2.05) is 6.07 Å². The lowest BCUT2D eigenvalue weighted by molar-refractivity contribution is -0.0000169. The number of furan rings is 1. The van der Waals surface area contributed by atoms with Crippen molar-refractivity contribution in [3.63, 3.8) is 0 Å². The Kier molecular flexibility index (Phi) is 12.8. The lowest BCUT2D eigenvalue weighted by Crippen LogP contribution is -3.00. The zero-order chi connectivity index (χ0) is 35.6. The Morgan fingerprint density at radius 2 is 1.19 bits per heavy atom. The van der Waals surface area contributed by atoms with E-state index in [0.29, 0.717) is 48.2 Å². The fourth-order valence-corrected chi connectivity index (χ4v) is 10.8. The molecule has 2 aromatic heterocycles. The molecule has 0 fully saturated rings. The molecule has 53 heavy (non-hydrogen) atoms. The lowest BCUT2D eigenvalue weighted by atomic mass is 10.1. The molecule has 0 radical (unpaired) electrons. The fourth-order valence-electron chi connectivity index (χ4n) is 6.47. The summed E-state index contributed by atoms with van der Waals surface area (Å²) in [5.41, 5.74) is 0.594. The van der Waals surface area contributed by atoms with Crippen LogP contribution in [0.1, 0.15) is 19.3 Å². The quantitative estimate of drug-likeness (QED) is 0.0652. The van der Waals surface area contributed by atoms with Crippen molar-refractivity contribution in [3.8, 4) is 17.2 Å². The van der Waals surface area contributed by atoms with Gasteiger partial charge in [0.2, 0.25) is 0 Å². The molecule has 1 N–H and O–H groups in total. The number of carbonyl (C=O) groups is 1. The zero-order valence-electron chi connectivity index (χ0n) is 29.0. The number of carbonyl (C=O) groups excluding carboxylic acids is 1. The number of rotatable bonds is 15. The molecule has 0 saturated carbocycles. The smallest absolute Gasteiger partial charge is 0.412 e. The first-order valence-corrected chi connectivity index (χ1v) is 19.4. The number of benzene rings is 5. The predicted molar refractivity (Wildman–Crippen MR) is 208 cm³/mol. The van der Waals surface area contributed by atoms with E-state index in [0.717, 1.165) is 36.2 Å². The number of amides is 1. The first-order valence-electron chi connectivity index (χ1n) is 17.4. The third-order valence-corrected chi connectivity index (χ3v) is 13.5. The molecule has 0 aliphatic rings. The van der Waals surface area contributed by atoms with Crippen LogP contribution in [0.3, 0.4) is 0 Å². The summed E-state index contributed by atoms with van der Waals surface area (Å²) in [6, 6.07) is 45.8. The van der Waals surface area contributed by atoms with Crippen LogP contribution >= 0.6 is 7.26 Å². The van der Waals surface area contributed by atoms with Gasteiger partial charge in [0.1, 0.15) is 51.6 Å². The molecule has 0 saturated heterocycles. The third kappa shape index (κ3) is 8.92. The number of fused-ring (bicyclic) bond motifs is 2. The van der Waals surface area contributed by atoms with E-state index in [4.69, 9.17) is 23.0 Å². The van der Waals surface area contributed by atoms with Crippen LogP contribution in [0, 0.1) is 0 Å². The maximum absolute atomic E-state index is 12.8. The van der Waals surface area contributed by atoms with Crippen LogP contribution in [-0.4, -0.2) is 32.0 Å². The normalized spacial score (nSPS) is 11.2. The van der Waals surface area contributed by atoms with Crippen LogP contribution in [0.5, 0.6) is 17.2 Å². The molecule has 1 amide bonds. The summed E-state index contributed by atoms with van der Waals surface area (Å²) in [6.45, 7) is 1.44. The zero-order valence-corrected chi connectivity index (χ0v) is 32.0. The molecule has 270 valence electrons. The molecule has 10 heteroatoms. The molecule has 5 aromatic carbocycles. The van der Waals surface area contributed by atoms with Crippen molar-refractivity contribution < 1.29 is 51.8 Å². The minimum atomic E-state index is -1.96. The summed E-state index contributed by atoms with van der Waals surface area (Å²) in [5, 5.41) is 8.45. The monoisotopic (exact) mass is 839 g/mol. The van der Waals surface area contributed by atoms with Gasteiger partial charge in [-0.15, -0.1) is 0 Å². The Hall–Kier alpha value is -5.12. The van der Waals surface area contributed by atoms with Gasteiger partial charge in [-0.05, 0) is 92.1 Å². The number of hydrogen-bond donors (Lipinski definition) is 1. The van der Waals surface area contributed by atoms with Gasteiger partial charge in [0.25, 0.3) is 0 Å². The summed E-state index contributed by atoms with van der Waals surface area (Å²) in [5.74, 6) is 1.75. The van der Waals surface area contributed by atoms with E-state index in [-0.39, 0.29) is 24.0 Å². The van der Waals surface area contributed by atoms with Crippen molar-refractivity contribution >= 4 is 51.2 Å². The molecule has 0 unspecified atom stereocenters. The fraction of sp³-hybridized carbons (Fsp3) is 0.163. The number of hydrogen-bond acceptors (Lipinski definition) is 7. The van der Waals surface area contributed by atoms with Crippen molar-refractivity contribution in [2.45, 2.75) is 19.3 Å². The van der Waals surface area contributed by atoms with Gasteiger partial charge in [0.05, 0.1) is 36.4 Å². The number of nitrogens with one attached hydrogen (secondary N) is 1. The second-order valence-electron chi connectivity index (χ2n) is 12.3. The molecule has 0 atom stereocenters. The number of unbranched alkanes of at least 4 members (excludes halogenated alkanes) is 1. The van der Waals surface area contributed by atoms with Crippen LogP contribution in [0.4, 0.5) is 4.79 Å². The molecular formula is C43H39INO7P. The average molecular weight is 840 g/mol. The molecule has 0 aliphatic heterocycles. The van der Waals surface area contributed by atoms with Gasteiger partial charge in [-0.25, -0.2) is 9.59 Å². The minimum Gasteiger partial charge on any atom is -1.00 e. The Labute approximate surface area is 325 Å². The highest BCUT2D eigenvalue weighted by Crippen LogP contribution is 2.55. The first kappa shape index (κ1) is 37.6. The predicted octanol–water partition coefficient (Wildman–Crippen LogP) is 5.25. The van der Waals surface area contributed by atoms with Gasteiger partial charge >= 0.3 is 11.7 Å². The van der Waals surface area contributed by atoms with Crippen molar-refractivity contribution in [3.05, 3.63) is 156 Å². The molecule has 0 bridgehead atoms. The highest BCUT2D eigenvalue weighted by molar-refractivity contribution is 7.95. The van der Waals surface area contributed by atoms with E-state index in [9.17, 15) is 9.59 Å². The standard InChI is InChI=1S/C43H38NO7P.HI/c45-41-24-23-37-40(51-41)31-39-38(25-29-48-39)42(37)49-28-11-10-27-47-32-19-21-33(22-20-32)50-43(46)44-26-12-30-52(34-13-4-1-5-14-34,35-15-6-2-7-16-35)36-17-8-3-9-18-36;/h1-9,13-25,29,31H,10-12,26-28,30H2;1H. The van der Waals surface area contributed by atoms with E-state index in [2.05, 4.69) is 96.3 Å². The van der Waals surface area contributed by atoms with E-state index in [1.54, 1.807) is 42.7 Å². The molecule has 8 nitrogen and oxygen atoms in total. The van der Waals surface area contributed by atoms with Gasteiger partial charge in [-0.2, -0.15) is 0 Å². The highest BCUT2D eigenvalue weighted by Gasteiger charge is 2.44.